The average molecular weight is 414 g/mol. The Morgan fingerprint density at radius 1 is 1.33 bits per heavy atom. The van der Waals surface area contributed by atoms with Crippen LogP contribution in [0, 0.1) is 5.82 Å². The summed E-state index contributed by atoms with van der Waals surface area (Å²) in [6.07, 6.45) is 0. The predicted molar refractivity (Wildman–Crippen MR) is 92.0 cm³/mol. The molecular weight excluding hydrogens is 403 g/mol. The number of hydrogen-bond donors (Lipinski definition) is 1. The summed E-state index contributed by atoms with van der Waals surface area (Å²) in [7, 11) is 0. The first-order valence-corrected chi connectivity index (χ1v) is 8.09. The third kappa shape index (κ3) is 3.52. The van der Waals surface area contributed by atoms with Crippen molar-refractivity contribution in [2.24, 2.45) is 0 Å². The summed E-state index contributed by atoms with van der Waals surface area (Å²) in [5.74, 6) is -0.768. The molecule has 0 atom stereocenters. The van der Waals surface area contributed by atoms with Gasteiger partial charge in [0, 0.05) is 4.47 Å². The van der Waals surface area contributed by atoms with Gasteiger partial charge in [-0.3, -0.25) is 14.5 Å². The molecule has 0 radical (unpaired) electrons. The SMILES string of the molecule is O=C(CN1C(=O)COc2cc(Br)ccc21)Nc1ccc(F)cc1Cl. The van der Waals surface area contributed by atoms with Gasteiger partial charge in [-0.25, -0.2) is 4.39 Å². The number of benzene rings is 2. The van der Waals surface area contributed by atoms with E-state index in [0.29, 0.717) is 11.4 Å². The van der Waals surface area contributed by atoms with Gasteiger partial charge in [0.2, 0.25) is 5.91 Å². The van der Waals surface area contributed by atoms with Gasteiger partial charge >= 0.3 is 0 Å². The maximum atomic E-state index is 13.0. The van der Waals surface area contributed by atoms with Gasteiger partial charge in [0.1, 0.15) is 18.1 Å². The van der Waals surface area contributed by atoms with Crippen molar-refractivity contribution >= 4 is 50.7 Å². The Hall–Kier alpha value is -2.12. The standard InChI is InChI=1S/C16H11BrClFN2O3/c17-9-1-4-13-14(5-9)24-8-16(23)21(13)7-15(22)20-12-3-2-10(19)6-11(12)18/h1-6H,7-8H2,(H,20,22). The molecule has 124 valence electrons. The van der Waals surface area contributed by atoms with Crippen LogP contribution in [0.3, 0.4) is 0 Å². The van der Waals surface area contributed by atoms with Gasteiger partial charge in [0.25, 0.3) is 5.91 Å². The minimum atomic E-state index is -0.499. The lowest BCUT2D eigenvalue weighted by Crippen LogP contribution is -2.43. The maximum Gasteiger partial charge on any atom is 0.265 e. The summed E-state index contributed by atoms with van der Waals surface area (Å²) in [6, 6.07) is 8.82. The molecular formula is C16H11BrClFN2O3. The summed E-state index contributed by atoms with van der Waals surface area (Å²) in [5, 5.41) is 2.65. The van der Waals surface area contributed by atoms with Crippen LogP contribution >= 0.6 is 27.5 Å². The van der Waals surface area contributed by atoms with Gasteiger partial charge in [-0.2, -0.15) is 0 Å². The highest BCUT2D eigenvalue weighted by molar-refractivity contribution is 9.10. The van der Waals surface area contributed by atoms with Crippen molar-refractivity contribution in [2.45, 2.75) is 0 Å². The van der Waals surface area contributed by atoms with Crippen molar-refractivity contribution in [1.29, 1.82) is 0 Å². The lowest BCUT2D eigenvalue weighted by molar-refractivity contribution is -0.123. The highest BCUT2D eigenvalue weighted by Crippen LogP contribution is 2.34. The molecule has 1 aliphatic heterocycles. The van der Waals surface area contributed by atoms with Crippen molar-refractivity contribution in [1.82, 2.24) is 0 Å². The van der Waals surface area contributed by atoms with Crippen LogP contribution in [0.1, 0.15) is 0 Å². The number of nitrogens with zero attached hydrogens (tertiary/aromatic N) is 1. The molecule has 0 unspecified atom stereocenters. The third-order valence-electron chi connectivity index (χ3n) is 3.37. The zero-order chi connectivity index (χ0) is 17.3. The Morgan fingerprint density at radius 3 is 2.88 bits per heavy atom. The Bertz CT molecular complexity index is 831. The summed E-state index contributed by atoms with van der Waals surface area (Å²) >= 11 is 9.21. The van der Waals surface area contributed by atoms with Gasteiger partial charge in [-0.15, -0.1) is 0 Å². The van der Waals surface area contributed by atoms with Crippen LogP contribution in [0.15, 0.2) is 40.9 Å². The first-order chi connectivity index (χ1) is 11.4. The van der Waals surface area contributed by atoms with Crippen LogP contribution < -0.4 is 15.0 Å². The lowest BCUT2D eigenvalue weighted by Gasteiger charge is -2.29. The minimum Gasteiger partial charge on any atom is -0.482 e. The summed E-state index contributed by atoms with van der Waals surface area (Å²) in [6.45, 7) is -0.349. The number of halogens is 3. The van der Waals surface area contributed by atoms with Crippen LogP contribution in [-0.4, -0.2) is 25.0 Å². The fourth-order valence-corrected chi connectivity index (χ4v) is 2.83. The van der Waals surface area contributed by atoms with E-state index in [-0.39, 0.29) is 29.8 Å². The largest absolute Gasteiger partial charge is 0.482 e. The van der Waals surface area contributed by atoms with E-state index in [1.165, 1.54) is 17.0 Å². The molecule has 8 heteroatoms. The van der Waals surface area contributed by atoms with Crippen molar-refractivity contribution in [3.8, 4) is 5.75 Å². The molecule has 0 saturated carbocycles. The molecule has 0 spiro atoms. The number of fused-ring (bicyclic) bond motifs is 1. The number of hydrogen-bond acceptors (Lipinski definition) is 3. The van der Waals surface area contributed by atoms with Gasteiger partial charge in [-0.05, 0) is 36.4 Å². The Kier molecular flexibility index (Phi) is 4.73. The highest BCUT2D eigenvalue weighted by atomic mass is 79.9. The summed E-state index contributed by atoms with van der Waals surface area (Å²) in [5.41, 5.74) is 0.787. The van der Waals surface area contributed by atoms with Crippen LogP contribution in [0.4, 0.5) is 15.8 Å². The van der Waals surface area contributed by atoms with Gasteiger partial charge in [0.05, 0.1) is 16.4 Å². The van der Waals surface area contributed by atoms with E-state index in [2.05, 4.69) is 21.2 Å². The smallest absolute Gasteiger partial charge is 0.265 e. The van der Waals surface area contributed by atoms with E-state index in [4.69, 9.17) is 16.3 Å². The minimum absolute atomic E-state index is 0.0842. The summed E-state index contributed by atoms with van der Waals surface area (Å²) < 4.78 is 19.2. The second kappa shape index (κ2) is 6.78. The van der Waals surface area contributed by atoms with Crippen LogP contribution in [0.5, 0.6) is 5.75 Å². The van der Waals surface area contributed by atoms with Crippen LogP contribution in [0.2, 0.25) is 5.02 Å². The molecule has 2 aromatic rings. The number of ether oxygens (including phenoxy) is 1. The number of amides is 2. The molecule has 0 saturated heterocycles. The third-order valence-corrected chi connectivity index (χ3v) is 4.18. The quantitative estimate of drug-likeness (QED) is 0.836. The number of carbonyl (C=O) groups is 2. The van der Waals surface area contributed by atoms with E-state index >= 15 is 0 Å². The number of nitrogens with one attached hydrogen (secondary N) is 1. The molecule has 5 nitrogen and oxygen atoms in total. The van der Waals surface area contributed by atoms with E-state index in [0.717, 1.165) is 10.5 Å². The molecule has 1 N–H and O–H groups in total. The normalized spacial score (nSPS) is 13.3. The number of anilines is 2. The molecule has 1 heterocycles. The first-order valence-electron chi connectivity index (χ1n) is 6.91. The predicted octanol–water partition coefficient (Wildman–Crippen LogP) is 3.61. The molecule has 1 aliphatic rings. The molecule has 3 rings (SSSR count). The molecule has 0 aliphatic carbocycles. The number of carbonyl (C=O) groups excluding carboxylic acids is 2. The zero-order valence-electron chi connectivity index (χ0n) is 12.2. The molecule has 0 fully saturated rings. The fraction of sp³-hybridized carbons (Fsp3) is 0.125. The first kappa shape index (κ1) is 16.7. The van der Waals surface area contributed by atoms with Crippen LogP contribution in [-0.2, 0) is 9.59 Å². The molecule has 2 amide bonds. The highest BCUT2D eigenvalue weighted by Gasteiger charge is 2.27. The Balaban J connectivity index is 1.78. The number of rotatable bonds is 3. The second-order valence-corrected chi connectivity index (χ2v) is 6.38. The molecule has 0 aromatic heterocycles. The Morgan fingerprint density at radius 2 is 2.12 bits per heavy atom. The van der Waals surface area contributed by atoms with Gasteiger partial charge < -0.3 is 10.1 Å². The van der Waals surface area contributed by atoms with Crippen molar-refractivity contribution in [3.63, 3.8) is 0 Å². The topological polar surface area (TPSA) is 58.6 Å². The molecule has 0 bridgehead atoms. The zero-order valence-corrected chi connectivity index (χ0v) is 14.5. The van der Waals surface area contributed by atoms with Crippen molar-refractivity contribution in [3.05, 3.63) is 51.7 Å². The van der Waals surface area contributed by atoms with Crippen LogP contribution in [0.25, 0.3) is 0 Å². The van der Waals surface area contributed by atoms with Gasteiger partial charge in [0.15, 0.2) is 6.61 Å². The fourth-order valence-electron chi connectivity index (χ4n) is 2.28. The lowest BCUT2D eigenvalue weighted by atomic mass is 10.2. The summed E-state index contributed by atoms with van der Waals surface area (Å²) in [4.78, 5) is 25.6. The Labute approximate surface area is 150 Å². The van der Waals surface area contributed by atoms with E-state index in [9.17, 15) is 14.0 Å². The van der Waals surface area contributed by atoms with Crippen molar-refractivity contribution in [2.75, 3.05) is 23.4 Å². The van der Waals surface area contributed by atoms with Gasteiger partial charge in [-0.1, -0.05) is 27.5 Å². The maximum absolute atomic E-state index is 13.0. The van der Waals surface area contributed by atoms with E-state index in [1.54, 1.807) is 18.2 Å². The second-order valence-electron chi connectivity index (χ2n) is 5.05. The van der Waals surface area contributed by atoms with Crippen molar-refractivity contribution < 1.29 is 18.7 Å². The van der Waals surface area contributed by atoms with E-state index in [1.807, 2.05) is 0 Å². The monoisotopic (exact) mass is 412 g/mol. The molecule has 2 aromatic carbocycles. The van der Waals surface area contributed by atoms with E-state index < -0.39 is 11.7 Å². The molecule has 24 heavy (non-hydrogen) atoms. The average Bonchev–Trinajstić information content (AvgIpc) is 2.53.